The molecule has 2 aromatic rings. The Labute approximate surface area is 141 Å². The molecular formula is C16H17F3N4O2. The first-order valence-corrected chi connectivity index (χ1v) is 7.80. The zero-order chi connectivity index (χ0) is 17.9. The summed E-state index contributed by atoms with van der Waals surface area (Å²) in [5.41, 5.74) is 1.36. The number of benzene rings is 1. The number of amides is 1. The van der Waals surface area contributed by atoms with Gasteiger partial charge >= 0.3 is 6.18 Å². The maximum atomic E-state index is 12.6. The molecule has 0 aliphatic carbocycles. The molecule has 1 aromatic heterocycles. The Bertz CT molecular complexity index is 758. The molecule has 0 unspecified atom stereocenters. The fourth-order valence-corrected chi connectivity index (χ4v) is 2.59. The highest BCUT2D eigenvalue weighted by Gasteiger charge is 2.30. The maximum Gasteiger partial charge on any atom is 0.416 e. The number of nitrogens with one attached hydrogen (secondary N) is 3. The third-order valence-corrected chi connectivity index (χ3v) is 3.84. The highest BCUT2D eigenvalue weighted by atomic mass is 19.4. The summed E-state index contributed by atoms with van der Waals surface area (Å²) in [6, 6.07) is 4.62. The standard InChI is InChI=1S/C16H17F3N4O2/c17-16(18,19)10-2-1-3-11(8-10)25-7-6-21-15(24)14-12-9-20-5-4-13(12)22-23-14/h1-3,8,20H,4-7,9H2,(H,21,24)(H,22,23). The minimum Gasteiger partial charge on any atom is -0.492 e. The Kier molecular flexibility index (Phi) is 4.93. The Morgan fingerprint density at radius 2 is 2.20 bits per heavy atom. The largest absolute Gasteiger partial charge is 0.492 e. The van der Waals surface area contributed by atoms with Crippen molar-refractivity contribution in [3.8, 4) is 5.75 Å². The van der Waals surface area contributed by atoms with Crippen molar-refractivity contribution in [1.82, 2.24) is 20.8 Å². The van der Waals surface area contributed by atoms with Gasteiger partial charge in [-0.1, -0.05) is 6.07 Å². The van der Waals surface area contributed by atoms with Gasteiger partial charge < -0.3 is 15.4 Å². The van der Waals surface area contributed by atoms with Crippen molar-refractivity contribution in [3.63, 3.8) is 0 Å². The lowest BCUT2D eigenvalue weighted by Gasteiger charge is -2.13. The molecule has 2 heterocycles. The molecule has 3 rings (SSSR count). The predicted octanol–water partition coefficient (Wildman–Crippen LogP) is 1.88. The Morgan fingerprint density at radius 3 is 3.00 bits per heavy atom. The first-order valence-electron chi connectivity index (χ1n) is 7.80. The molecule has 6 nitrogen and oxygen atoms in total. The summed E-state index contributed by atoms with van der Waals surface area (Å²) in [6.45, 7) is 1.62. The third kappa shape index (κ3) is 4.11. The van der Waals surface area contributed by atoms with Gasteiger partial charge in [0, 0.05) is 30.8 Å². The van der Waals surface area contributed by atoms with E-state index in [1.54, 1.807) is 0 Å². The molecule has 0 bridgehead atoms. The highest BCUT2D eigenvalue weighted by Crippen LogP contribution is 2.31. The average molecular weight is 354 g/mol. The highest BCUT2D eigenvalue weighted by molar-refractivity contribution is 5.94. The molecule has 1 aromatic carbocycles. The van der Waals surface area contributed by atoms with Crippen LogP contribution in [-0.2, 0) is 19.1 Å². The molecule has 1 aliphatic rings. The second kappa shape index (κ2) is 7.14. The Balaban J connectivity index is 1.50. The number of fused-ring (bicyclic) bond motifs is 1. The summed E-state index contributed by atoms with van der Waals surface area (Å²) in [7, 11) is 0. The van der Waals surface area contributed by atoms with Crippen molar-refractivity contribution in [3.05, 3.63) is 46.8 Å². The normalized spacial score (nSPS) is 14.0. The molecule has 3 N–H and O–H groups in total. The molecule has 0 spiro atoms. The first kappa shape index (κ1) is 17.3. The lowest BCUT2D eigenvalue weighted by atomic mass is 10.1. The fourth-order valence-electron chi connectivity index (χ4n) is 2.59. The predicted molar refractivity (Wildman–Crippen MR) is 83.3 cm³/mol. The van der Waals surface area contributed by atoms with E-state index in [1.165, 1.54) is 12.1 Å². The van der Waals surface area contributed by atoms with Crippen LogP contribution >= 0.6 is 0 Å². The fraction of sp³-hybridized carbons (Fsp3) is 0.375. The van der Waals surface area contributed by atoms with Gasteiger partial charge in [-0.2, -0.15) is 18.3 Å². The number of carbonyl (C=O) groups is 1. The SMILES string of the molecule is O=C(NCCOc1cccc(C(F)(F)F)c1)c1n[nH]c2c1CNCC2. The van der Waals surface area contributed by atoms with Gasteiger partial charge in [-0.3, -0.25) is 9.89 Å². The van der Waals surface area contributed by atoms with Crippen LogP contribution in [0.2, 0.25) is 0 Å². The van der Waals surface area contributed by atoms with Crippen LogP contribution in [0.4, 0.5) is 13.2 Å². The van der Waals surface area contributed by atoms with Crippen LogP contribution in [0, 0.1) is 0 Å². The number of nitrogens with zero attached hydrogens (tertiary/aromatic N) is 1. The molecule has 1 amide bonds. The number of rotatable bonds is 5. The van der Waals surface area contributed by atoms with Crippen molar-refractivity contribution in [2.75, 3.05) is 19.7 Å². The maximum absolute atomic E-state index is 12.6. The first-order chi connectivity index (χ1) is 11.9. The van der Waals surface area contributed by atoms with Crippen molar-refractivity contribution in [2.45, 2.75) is 19.1 Å². The molecule has 0 radical (unpaired) electrons. The number of alkyl halides is 3. The zero-order valence-electron chi connectivity index (χ0n) is 13.2. The van der Waals surface area contributed by atoms with Crippen LogP contribution < -0.4 is 15.4 Å². The summed E-state index contributed by atoms with van der Waals surface area (Å²) in [5, 5.41) is 12.7. The zero-order valence-corrected chi connectivity index (χ0v) is 13.2. The molecular weight excluding hydrogens is 337 g/mol. The molecule has 134 valence electrons. The van der Waals surface area contributed by atoms with Gasteiger partial charge in [-0.25, -0.2) is 0 Å². The Hall–Kier alpha value is -2.55. The molecule has 1 aliphatic heterocycles. The van der Waals surface area contributed by atoms with Crippen molar-refractivity contribution >= 4 is 5.91 Å². The second-order valence-electron chi connectivity index (χ2n) is 5.59. The number of hydrogen-bond acceptors (Lipinski definition) is 4. The monoisotopic (exact) mass is 354 g/mol. The number of hydrogen-bond donors (Lipinski definition) is 3. The van der Waals surface area contributed by atoms with Gasteiger partial charge in [-0.15, -0.1) is 0 Å². The van der Waals surface area contributed by atoms with Crippen LogP contribution in [0.5, 0.6) is 5.75 Å². The topological polar surface area (TPSA) is 79.0 Å². The molecule has 0 saturated carbocycles. The molecule has 0 atom stereocenters. The summed E-state index contributed by atoms with van der Waals surface area (Å²) in [5.74, 6) is -0.237. The number of halogens is 3. The van der Waals surface area contributed by atoms with E-state index in [9.17, 15) is 18.0 Å². The van der Waals surface area contributed by atoms with Gasteiger partial charge in [0.1, 0.15) is 12.4 Å². The Morgan fingerprint density at radius 1 is 1.36 bits per heavy atom. The minimum atomic E-state index is -4.42. The van der Waals surface area contributed by atoms with E-state index >= 15 is 0 Å². The lowest BCUT2D eigenvalue weighted by Crippen LogP contribution is -2.31. The quantitative estimate of drug-likeness (QED) is 0.717. The van der Waals surface area contributed by atoms with Crippen molar-refractivity contribution in [1.29, 1.82) is 0 Å². The molecule has 0 fully saturated rings. The summed E-state index contributed by atoms with van der Waals surface area (Å²) >= 11 is 0. The van der Waals surface area contributed by atoms with Gasteiger partial charge in [0.05, 0.1) is 12.1 Å². The van der Waals surface area contributed by atoms with E-state index in [2.05, 4.69) is 20.8 Å². The van der Waals surface area contributed by atoms with Crippen LogP contribution in [0.1, 0.15) is 27.3 Å². The van der Waals surface area contributed by atoms with Gasteiger partial charge in [-0.05, 0) is 18.2 Å². The van der Waals surface area contributed by atoms with E-state index < -0.39 is 11.7 Å². The van der Waals surface area contributed by atoms with Crippen molar-refractivity contribution in [2.24, 2.45) is 0 Å². The van der Waals surface area contributed by atoms with E-state index in [0.717, 1.165) is 36.4 Å². The van der Waals surface area contributed by atoms with E-state index in [0.29, 0.717) is 12.2 Å². The van der Waals surface area contributed by atoms with Crippen LogP contribution in [0.15, 0.2) is 24.3 Å². The van der Waals surface area contributed by atoms with Crippen LogP contribution in [0.25, 0.3) is 0 Å². The molecule has 0 saturated heterocycles. The summed E-state index contributed by atoms with van der Waals surface area (Å²) in [4.78, 5) is 12.1. The molecule has 9 heteroatoms. The number of ether oxygens (including phenoxy) is 1. The van der Waals surface area contributed by atoms with E-state index in [-0.39, 0.29) is 24.8 Å². The summed E-state index contributed by atoms with van der Waals surface area (Å²) in [6.07, 6.45) is -3.63. The van der Waals surface area contributed by atoms with Gasteiger partial charge in [0.15, 0.2) is 5.69 Å². The second-order valence-corrected chi connectivity index (χ2v) is 5.59. The third-order valence-electron chi connectivity index (χ3n) is 3.84. The average Bonchev–Trinajstić information content (AvgIpc) is 3.02. The van der Waals surface area contributed by atoms with Gasteiger partial charge in [0.2, 0.25) is 0 Å². The minimum absolute atomic E-state index is 0.0535. The van der Waals surface area contributed by atoms with Crippen LogP contribution in [-0.4, -0.2) is 35.8 Å². The van der Waals surface area contributed by atoms with Crippen LogP contribution in [0.3, 0.4) is 0 Å². The molecule has 25 heavy (non-hydrogen) atoms. The lowest BCUT2D eigenvalue weighted by molar-refractivity contribution is -0.137. The van der Waals surface area contributed by atoms with E-state index in [1.807, 2.05) is 0 Å². The van der Waals surface area contributed by atoms with E-state index in [4.69, 9.17) is 4.74 Å². The number of aromatic nitrogens is 2. The van der Waals surface area contributed by atoms with Crippen molar-refractivity contribution < 1.29 is 22.7 Å². The smallest absolute Gasteiger partial charge is 0.416 e. The number of carbonyl (C=O) groups excluding carboxylic acids is 1. The van der Waals surface area contributed by atoms with Gasteiger partial charge in [0.25, 0.3) is 5.91 Å². The number of H-pyrrole nitrogens is 1. The summed E-state index contributed by atoms with van der Waals surface area (Å²) < 4.78 is 43.2. The number of aromatic amines is 1.